The Kier molecular flexibility index (Phi) is 5.84. The molecule has 0 spiro atoms. The number of benzene rings is 2. The molecule has 1 N–H and O–H groups in total. The van der Waals surface area contributed by atoms with Gasteiger partial charge in [0.15, 0.2) is 11.5 Å². The average Bonchev–Trinajstić information content (AvgIpc) is 3.35. The summed E-state index contributed by atoms with van der Waals surface area (Å²) >= 11 is 13.2. The summed E-state index contributed by atoms with van der Waals surface area (Å²) in [5, 5.41) is 12.2. The zero-order chi connectivity index (χ0) is 20.4. The summed E-state index contributed by atoms with van der Waals surface area (Å²) in [6.07, 6.45) is 0. The second-order valence-corrected chi connectivity index (χ2v) is 7.96. The first-order valence-electron chi connectivity index (χ1n) is 8.60. The van der Waals surface area contributed by atoms with E-state index in [1.807, 2.05) is 6.92 Å². The molecular weight excluding hydrogens is 437 g/mol. The lowest BCUT2D eigenvalue weighted by atomic mass is 10.1. The largest absolute Gasteiger partial charge is 0.454 e. The van der Waals surface area contributed by atoms with E-state index in [0.29, 0.717) is 38.2 Å². The highest BCUT2D eigenvalue weighted by molar-refractivity contribution is 7.99. The Morgan fingerprint density at radius 2 is 2.00 bits per heavy atom. The number of rotatable bonds is 6. The van der Waals surface area contributed by atoms with Gasteiger partial charge in [0.2, 0.25) is 18.6 Å². The van der Waals surface area contributed by atoms with Crippen molar-refractivity contribution < 1.29 is 18.7 Å². The van der Waals surface area contributed by atoms with Crippen molar-refractivity contribution in [3.05, 3.63) is 52.0 Å². The Bertz CT molecular complexity index is 1060. The maximum Gasteiger partial charge on any atom is 0.277 e. The summed E-state index contributed by atoms with van der Waals surface area (Å²) in [4.78, 5) is 12.3. The van der Waals surface area contributed by atoms with Crippen LogP contribution in [0.2, 0.25) is 10.0 Å². The molecule has 1 amide bonds. The standard InChI is InChI=1S/C19H15Cl2N3O4S/c1-10(13-4-3-12(20)7-14(13)21)22-17(25)8-29-19-24-23-18(28-19)11-2-5-15-16(6-11)27-9-26-15/h2-7,10H,8-9H2,1H3,(H,22,25). The molecule has 0 saturated heterocycles. The van der Waals surface area contributed by atoms with Gasteiger partial charge in [0, 0.05) is 15.6 Å². The molecule has 2 heterocycles. The lowest BCUT2D eigenvalue weighted by Crippen LogP contribution is -2.28. The number of carbonyl (C=O) groups is 1. The van der Waals surface area contributed by atoms with Crippen LogP contribution in [0.5, 0.6) is 11.5 Å². The quantitative estimate of drug-likeness (QED) is 0.541. The number of nitrogens with one attached hydrogen (secondary N) is 1. The maximum absolute atomic E-state index is 12.3. The van der Waals surface area contributed by atoms with E-state index < -0.39 is 0 Å². The smallest absolute Gasteiger partial charge is 0.277 e. The number of aromatic nitrogens is 2. The van der Waals surface area contributed by atoms with Gasteiger partial charge in [0.1, 0.15) is 0 Å². The summed E-state index contributed by atoms with van der Waals surface area (Å²) in [6.45, 7) is 2.04. The summed E-state index contributed by atoms with van der Waals surface area (Å²) < 4.78 is 16.3. The molecule has 4 rings (SSSR count). The zero-order valence-corrected chi connectivity index (χ0v) is 17.5. The van der Waals surface area contributed by atoms with E-state index in [9.17, 15) is 4.79 Å². The molecule has 7 nitrogen and oxygen atoms in total. The highest BCUT2D eigenvalue weighted by atomic mass is 35.5. The first-order valence-corrected chi connectivity index (χ1v) is 10.3. The minimum Gasteiger partial charge on any atom is -0.454 e. The van der Waals surface area contributed by atoms with Gasteiger partial charge in [-0.25, -0.2) is 0 Å². The topological polar surface area (TPSA) is 86.5 Å². The van der Waals surface area contributed by atoms with Gasteiger partial charge in [-0.15, -0.1) is 10.2 Å². The lowest BCUT2D eigenvalue weighted by molar-refractivity contribution is -0.119. The van der Waals surface area contributed by atoms with Crippen LogP contribution in [0.15, 0.2) is 46.0 Å². The highest BCUT2D eigenvalue weighted by Crippen LogP contribution is 2.36. The number of carbonyl (C=O) groups excluding carboxylic acids is 1. The predicted octanol–water partition coefficient (Wildman–Crippen LogP) is 4.74. The molecule has 150 valence electrons. The minimum atomic E-state index is -0.264. The van der Waals surface area contributed by atoms with Gasteiger partial charge in [-0.1, -0.05) is 41.0 Å². The van der Waals surface area contributed by atoms with Gasteiger partial charge >= 0.3 is 0 Å². The lowest BCUT2D eigenvalue weighted by Gasteiger charge is -2.15. The molecule has 0 bridgehead atoms. The van der Waals surface area contributed by atoms with E-state index in [4.69, 9.17) is 37.1 Å². The molecular formula is C19H15Cl2N3O4S. The third-order valence-electron chi connectivity index (χ3n) is 4.16. The molecule has 3 aromatic rings. The number of nitrogens with zero attached hydrogens (tertiary/aromatic N) is 2. The van der Waals surface area contributed by atoms with E-state index in [-0.39, 0.29) is 24.5 Å². The van der Waals surface area contributed by atoms with Crippen molar-refractivity contribution in [2.75, 3.05) is 12.5 Å². The molecule has 29 heavy (non-hydrogen) atoms. The second-order valence-electron chi connectivity index (χ2n) is 6.18. The van der Waals surface area contributed by atoms with Crippen LogP contribution in [0, 0.1) is 0 Å². The van der Waals surface area contributed by atoms with Crippen molar-refractivity contribution in [3.63, 3.8) is 0 Å². The number of fused-ring (bicyclic) bond motifs is 1. The number of amides is 1. The van der Waals surface area contributed by atoms with Crippen LogP contribution < -0.4 is 14.8 Å². The molecule has 0 radical (unpaired) electrons. The number of ether oxygens (including phenoxy) is 2. The molecule has 0 saturated carbocycles. The van der Waals surface area contributed by atoms with Gasteiger partial charge < -0.3 is 19.2 Å². The Morgan fingerprint density at radius 3 is 2.83 bits per heavy atom. The molecule has 0 fully saturated rings. The molecule has 0 aliphatic carbocycles. The fraction of sp³-hybridized carbons (Fsp3) is 0.211. The Morgan fingerprint density at radius 1 is 1.17 bits per heavy atom. The van der Waals surface area contributed by atoms with Crippen molar-refractivity contribution >= 4 is 40.9 Å². The number of hydrogen-bond donors (Lipinski definition) is 1. The first kappa shape index (κ1) is 19.9. The highest BCUT2D eigenvalue weighted by Gasteiger charge is 2.18. The van der Waals surface area contributed by atoms with Gasteiger partial charge in [-0.2, -0.15) is 0 Å². The molecule has 1 aliphatic heterocycles. The second kappa shape index (κ2) is 8.52. The van der Waals surface area contributed by atoms with Crippen LogP contribution in [0.25, 0.3) is 11.5 Å². The number of hydrogen-bond acceptors (Lipinski definition) is 7. The first-order chi connectivity index (χ1) is 14.0. The normalized spacial score (nSPS) is 13.3. The van der Waals surface area contributed by atoms with Crippen LogP contribution in [0.3, 0.4) is 0 Å². The molecule has 2 aromatic carbocycles. The molecule has 1 unspecified atom stereocenters. The molecule has 1 aliphatic rings. The third kappa shape index (κ3) is 4.60. The van der Waals surface area contributed by atoms with Crippen molar-refractivity contribution in [1.82, 2.24) is 15.5 Å². The van der Waals surface area contributed by atoms with Gasteiger partial charge in [0.05, 0.1) is 11.8 Å². The fourth-order valence-corrected chi connectivity index (χ4v) is 3.90. The van der Waals surface area contributed by atoms with Gasteiger partial charge in [-0.05, 0) is 42.8 Å². The summed E-state index contributed by atoms with van der Waals surface area (Å²) in [5.74, 6) is 1.58. The van der Waals surface area contributed by atoms with E-state index in [1.165, 1.54) is 0 Å². The maximum atomic E-state index is 12.3. The van der Waals surface area contributed by atoms with Crippen LogP contribution >= 0.6 is 35.0 Å². The molecule has 10 heteroatoms. The average molecular weight is 452 g/mol. The Labute approximate surface area is 180 Å². The Hall–Kier alpha value is -2.42. The predicted molar refractivity (Wildman–Crippen MR) is 110 cm³/mol. The van der Waals surface area contributed by atoms with Crippen molar-refractivity contribution in [2.45, 2.75) is 18.2 Å². The van der Waals surface area contributed by atoms with E-state index in [2.05, 4.69) is 15.5 Å². The summed E-state index contributed by atoms with van der Waals surface area (Å²) in [7, 11) is 0. The summed E-state index contributed by atoms with van der Waals surface area (Å²) in [5.41, 5.74) is 1.50. The van der Waals surface area contributed by atoms with Gasteiger partial charge in [-0.3, -0.25) is 4.79 Å². The monoisotopic (exact) mass is 451 g/mol. The minimum absolute atomic E-state index is 0.123. The van der Waals surface area contributed by atoms with Gasteiger partial charge in [0.25, 0.3) is 5.22 Å². The van der Waals surface area contributed by atoms with Crippen LogP contribution in [-0.4, -0.2) is 28.7 Å². The van der Waals surface area contributed by atoms with Crippen LogP contribution in [0.1, 0.15) is 18.5 Å². The summed E-state index contributed by atoms with van der Waals surface area (Å²) in [6, 6.07) is 10.3. The number of halogens is 2. The van der Waals surface area contributed by atoms with E-state index in [1.54, 1.807) is 36.4 Å². The fourth-order valence-electron chi connectivity index (χ4n) is 2.76. The zero-order valence-electron chi connectivity index (χ0n) is 15.1. The van der Waals surface area contributed by atoms with E-state index in [0.717, 1.165) is 17.3 Å². The van der Waals surface area contributed by atoms with Crippen molar-refractivity contribution in [2.24, 2.45) is 0 Å². The van der Waals surface area contributed by atoms with Crippen LogP contribution in [0.4, 0.5) is 0 Å². The van der Waals surface area contributed by atoms with E-state index >= 15 is 0 Å². The SMILES string of the molecule is CC(NC(=O)CSc1nnc(-c2ccc3c(c2)OCO3)o1)c1ccc(Cl)cc1Cl. The van der Waals surface area contributed by atoms with Crippen LogP contribution in [-0.2, 0) is 4.79 Å². The third-order valence-corrected chi connectivity index (χ3v) is 5.54. The molecule has 1 aromatic heterocycles. The molecule has 1 atom stereocenters. The van der Waals surface area contributed by atoms with Crippen molar-refractivity contribution in [3.8, 4) is 23.0 Å². The number of thioether (sulfide) groups is 1. The Balaban J connectivity index is 1.34. The van der Waals surface area contributed by atoms with Crippen molar-refractivity contribution in [1.29, 1.82) is 0 Å².